The molecule has 1 unspecified atom stereocenters. The highest BCUT2D eigenvalue weighted by Crippen LogP contribution is 2.17. The van der Waals surface area contributed by atoms with E-state index in [2.05, 4.69) is 19.2 Å². The monoisotopic (exact) mass is 257 g/mol. The minimum absolute atomic E-state index is 0.0128. The van der Waals surface area contributed by atoms with E-state index in [0.717, 1.165) is 38.5 Å². The molecule has 4 nitrogen and oxygen atoms in total. The van der Waals surface area contributed by atoms with E-state index in [1.165, 1.54) is 12.8 Å². The molecule has 0 heterocycles. The molecule has 1 atom stereocenters. The van der Waals surface area contributed by atoms with Crippen LogP contribution in [0.2, 0.25) is 0 Å². The highest BCUT2D eigenvalue weighted by atomic mass is 16.4. The van der Waals surface area contributed by atoms with Crippen LogP contribution in [0.3, 0.4) is 0 Å². The molecule has 1 amide bonds. The first-order valence-electron chi connectivity index (χ1n) is 7.11. The number of rotatable bonds is 11. The molecule has 0 bridgehead atoms. The molecule has 0 aliphatic carbocycles. The van der Waals surface area contributed by atoms with E-state index in [-0.39, 0.29) is 18.4 Å². The minimum Gasteiger partial charge on any atom is -0.480 e. The highest BCUT2D eigenvalue weighted by molar-refractivity contribution is 5.82. The summed E-state index contributed by atoms with van der Waals surface area (Å²) in [5.41, 5.74) is 0. The second kappa shape index (κ2) is 11.1. The van der Waals surface area contributed by atoms with Gasteiger partial charge in [0.15, 0.2) is 0 Å². The highest BCUT2D eigenvalue weighted by Gasteiger charge is 2.17. The lowest BCUT2D eigenvalue weighted by Gasteiger charge is -2.15. The molecule has 2 N–H and O–H groups in total. The summed E-state index contributed by atoms with van der Waals surface area (Å²) in [6.45, 7) is 3.99. The maximum Gasteiger partial charge on any atom is 0.322 e. The smallest absolute Gasteiger partial charge is 0.322 e. The minimum atomic E-state index is -0.983. The number of carboxylic acid groups (broad SMARTS) is 1. The van der Waals surface area contributed by atoms with Gasteiger partial charge in [0.1, 0.15) is 6.54 Å². The Morgan fingerprint density at radius 2 is 1.61 bits per heavy atom. The Kier molecular flexibility index (Phi) is 10.4. The van der Waals surface area contributed by atoms with Crippen LogP contribution in [-0.2, 0) is 9.59 Å². The molecule has 4 heteroatoms. The predicted molar refractivity (Wildman–Crippen MR) is 72.4 cm³/mol. The van der Waals surface area contributed by atoms with Gasteiger partial charge >= 0.3 is 5.97 Å². The molecule has 0 spiro atoms. The van der Waals surface area contributed by atoms with Gasteiger partial charge in [-0.3, -0.25) is 9.59 Å². The number of carbonyl (C=O) groups is 2. The van der Waals surface area contributed by atoms with E-state index in [1.807, 2.05) is 0 Å². The standard InChI is InChI=1S/C14H27NO3/c1-3-5-7-8-10-12(9-6-4-2)14(18)15-11-13(16)17/h12H,3-11H2,1-2H3,(H,15,18)(H,16,17). The summed E-state index contributed by atoms with van der Waals surface area (Å²) in [4.78, 5) is 22.3. The van der Waals surface area contributed by atoms with Crippen LogP contribution in [0.4, 0.5) is 0 Å². The van der Waals surface area contributed by atoms with Crippen molar-refractivity contribution in [1.82, 2.24) is 5.32 Å². The number of nitrogens with one attached hydrogen (secondary N) is 1. The van der Waals surface area contributed by atoms with Crippen molar-refractivity contribution in [3.63, 3.8) is 0 Å². The lowest BCUT2D eigenvalue weighted by atomic mass is 9.94. The van der Waals surface area contributed by atoms with E-state index in [9.17, 15) is 9.59 Å². The fraction of sp³-hybridized carbons (Fsp3) is 0.857. The van der Waals surface area contributed by atoms with Gasteiger partial charge in [0.2, 0.25) is 5.91 Å². The van der Waals surface area contributed by atoms with E-state index >= 15 is 0 Å². The summed E-state index contributed by atoms with van der Waals surface area (Å²) in [6, 6.07) is 0. The van der Waals surface area contributed by atoms with E-state index in [0.29, 0.717) is 0 Å². The molecule has 0 fully saturated rings. The Morgan fingerprint density at radius 1 is 1.00 bits per heavy atom. The van der Waals surface area contributed by atoms with Gasteiger partial charge < -0.3 is 10.4 Å². The molecule has 0 aromatic rings. The summed E-state index contributed by atoms with van der Waals surface area (Å²) in [7, 11) is 0. The van der Waals surface area contributed by atoms with Gasteiger partial charge in [-0.25, -0.2) is 0 Å². The van der Waals surface area contributed by atoms with Crippen LogP contribution in [0.5, 0.6) is 0 Å². The molecule has 18 heavy (non-hydrogen) atoms. The number of unbranched alkanes of at least 4 members (excludes halogenated alkanes) is 4. The molecule has 0 saturated carbocycles. The zero-order valence-electron chi connectivity index (χ0n) is 11.7. The lowest BCUT2D eigenvalue weighted by Crippen LogP contribution is -2.34. The van der Waals surface area contributed by atoms with Crippen LogP contribution in [0, 0.1) is 5.92 Å². The number of hydrogen-bond acceptors (Lipinski definition) is 2. The van der Waals surface area contributed by atoms with Gasteiger partial charge in [-0.15, -0.1) is 0 Å². The largest absolute Gasteiger partial charge is 0.480 e. The quantitative estimate of drug-likeness (QED) is 0.559. The number of carbonyl (C=O) groups excluding carboxylic acids is 1. The fourth-order valence-corrected chi connectivity index (χ4v) is 1.98. The van der Waals surface area contributed by atoms with Crippen LogP contribution in [0.1, 0.15) is 65.2 Å². The SMILES string of the molecule is CCCCCCC(CCCC)C(=O)NCC(=O)O. The van der Waals surface area contributed by atoms with Crippen molar-refractivity contribution in [3.8, 4) is 0 Å². The summed E-state index contributed by atoms with van der Waals surface area (Å²) >= 11 is 0. The molecular formula is C14H27NO3. The van der Waals surface area contributed by atoms with Crippen molar-refractivity contribution in [2.24, 2.45) is 5.92 Å². The van der Waals surface area contributed by atoms with Crippen molar-refractivity contribution in [3.05, 3.63) is 0 Å². The average molecular weight is 257 g/mol. The predicted octanol–water partition coefficient (Wildman–Crippen LogP) is 2.96. The zero-order chi connectivity index (χ0) is 13.8. The summed E-state index contributed by atoms with van der Waals surface area (Å²) in [5.74, 6) is -1.09. The van der Waals surface area contributed by atoms with Gasteiger partial charge in [-0.1, -0.05) is 52.4 Å². The molecule has 0 rings (SSSR count). The summed E-state index contributed by atoms with van der Waals surface area (Å²) < 4.78 is 0. The second-order valence-corrected chi connectivity index (χ2v) is 4.80. The number of carboxylic acids is 1. The Morgan fingerprint density at radius 3 is 2.17 bits per heavy atom. The number of hydrogen-bond donors (Lipinski definition) is 2. The first-order valence-corrected chi connectivity index (χ1v) is 7.11. The van der Waals surface area contributed by atoms with Crippen LogP contribution in [-0.4, -0.2) is 23.5 Å². The Hall–Kier alpha value is -1.06. The van der Waals surface area contributed by atoms with Gasteiger partial charge in [-0.2, -0.15) is 0 Å². The topological polar surface area (TPSA) is 66.4 Å². The third kappa shape index (κ3) is 9.02. The normalized spacial score (nSPS) is 12.1. The van der Waals surface area contributed by atoms with E-state index < -0.39 is 5.97 Å². The molecule has 0 aliphatic heterocycles. The Balaban J connectivity index is 4.02. The van der Waals surface area contributed by atoms with Crippen molar-refractivity contribution >= 4 is 11.9 Å². The van der Waals surface area contributed by atoms with E-state index in [1.54, 1.807) is 0 Å². The molecule has 0 saturated heterocycles. The fourth-order valence-electron chi connectivity index (χ4n) is 1.98. The summed E-state index contributed by atoms with van der Waals surface area (Å²) in [6.07, 6.45) is 8.45. The summed E-state index contributed by atoms with van der Waals surface area (Å²) in [5, 5.41) is 11.0. The Bertz CT molecular complexity index is 241. The molecule has 0 aromatic heterocycles. The van der Waals surface area contributed by atoms with Crippen LogP contribution < -0.4 is 5.32 Å². The van der Waals surface area contributed by atoms with Gasteiger partial charge in [-0.05, 0) is 12.8 Å². The zero-order valence-corrected chi connectivity index (χ0v) is 11.7. The maximum atomic E-state index is 11.8. The van der Waals surface area contributed by atoms with Crippen LogP contribution in [0.15, 0.2) is 0 Å². The van der Waals surface area contributed by atoms with E-state index in [4.69, 9.17) is 5.11 Å². The van der Waals surface area contributed by atoms with Crippen molar-refractivity contribution in [2.75, 3.05) is 6.54 Å². The Labute approximate surface area is 110 Å². The lowest BCUT2D eigenvalue weighted by molar-refractivity contribution is -0.138. The second-order valence-electron chi connectivity index (χ2n) is 4.80. The average Bonchev–Trinajstić information content (AvgIpc) is 2.35. The molecule has 0 aliphatic rings. The number of aliphatic carboxylic acids is 1. The first-order chi connectivity index (χ1) is 8.61. The van der Waals surface area contributed by atoms with Gasteiger partial charge in [0.25, 0.3) is 0 Å². The van der Waals surface area contributed by atoms with Crippen molar-refractivity contribution in [2.45, 2.75) is 65.2 Å². The van der Waals surface area contributed by atoms with Crippen LogP contribution >= 0.6 is 0 Å². The van der Waals surface area contributed by atoms with Gasteiger partial charge in [0, 0.05) is 5.92 Å². The van der Waals surface area contributed by atoms with Crippen molar-refractivity contribution in [1.29, 1.82) is 0 Å². The first kappa shape index (κ1) is 16.9. The number of amides is 1. The third-order valence-corrected chi connectivity index (χ3v) is 3.10. The van der Waals surface area contributed by atoms with Crippen LogP contribution in [0.25, 0.3) is 0 Å². The van der Waals surface area contributed by atoms with Crippen molar-refractivity contribution < 1.29 is 14.7 Å². The molecular weight excluding hydrogens is 230 g/mol. The third-order valence-electron chi connectivity index (χ3n) is 3.10. The molecule has 0 aromatic carbocycles. The van der Waals surface area contributed by atoms with Gasteiger partial charge in [0.05, 0.1) is 0 Å². The molecule has 0 radical (unpaired) electrons. The maximum absolute atomic E-state index is 11.8. The molecule has 106 valence electrons.